The molecule has 2 aliphatic rings. The highest BCUT2D eigenvalue weighted by molar-refractivity contribution is 6.30. The molecule has 1 aromatic carbocycles. The highest BCUT2D eigenvalue weighted by Gasteiger charge is 2.40. The van der Waals surface area contributed by atoms with E-state index < -0.39 is 0 Å². The normalized spacial score (nSPS) is 19.8. The van der Waals surface area contributed by atoms with Gasteiger partial charge in [0.2, 0.25) is 0 Å². The van der Waals surface area contributed by atoms with E-state index >= 15 is 0 Å². The third-order valence-electron chi connectivity index (χ3n) is 4.97. The molecule has 2 aromatic rings. The van der Waals surface area contributed by atoms with Crippen molar-refractivity contribution in [3.05, 3.63) is 53.2 Å². The van der Waals surface area contributed by atoms with Gasteiger partial charge in [0.15, 0.2) is 0 Å². The third kappa shape index (κ3) is 2.32. The lowest BCUT2D eigenvalue weighted by atomic mass is 9.77. The van der Waals surface area contributed by atoms with Crippen molar-refractivity contribution in [3.63, 3.8) is 0 Å². The number of nitrogens with zero attached hydrogens (tertiary/aromatic N) is 2. The van der Waals surface area contributed by atoms with Gasteiger partial charge in [0.25, 0.3) is 0 Å². The average molecular weight is 299 g/mol. The number of hydrogen-bond donors (Lipinski definition) is 0. The van der Waals surface area contributed by atoms with Crippen molar-refractivity contribution < 1.29 is 0 Å². The topological polar surface area (TPSA) is 16.1 Å². The highest BCUT2D eigenvalue weighted by atomic mass is 35.5. The summed E-state index contributed by atoms with van der Waals surface area (Å²) in [4.78, 5) is 7.02. The van der Waals surface area contributed by atoms with Crippen LogP contribution in [0.1, 0.15) is 31.2 Å². The van der Waals surface area contributed by atoms with Gasteiger partial charge >= 0.3 is 0 Å². The molecule has 0 amide bonds. The molecule has 108 valence electrons. The first-order valence-electron chi connectivity index (χ1n) is 7.73. The second-order valence-electron chi connectivity index (χ2n) is 6.44. The van der Waals surface area contributed by atoms with Gasteiger partial charge in [-0.25, -0.2) is 4.98 Å². The molecule has 1 aromatic heterocycles. The van der Waals surface area contributed by atoms with Crippen LogP contribution in [0, 0.1) is 5.41 Å². The summed E-state index contributed by atoms with van der Waals surface area (Å²) in [6.07, 6.45) is 8.45. The molecule has 0 N–H and O–H groups in total. The lowest BCUT2D eigenvalue weighted by molar-refractivity contribution is 0.293. The molecular weight excluding hydrogens is 280 g/mol. The number of pyridine rings is 1. The largest absolute Gasteiger partial charge is 0.326 e. The van der Waals surface area contributed by atoms with E-state index in [1.165, 1.54) is 37.7 Å². The number of anilines is 2. The molecule has 0 atom stereocenters. The summed E-state index contributed by atoms with van der Waals surface area (Å²) in [5, 5.41) is 0.788. The Balaban J connectivity index is 1.81. The van der Waals surface area contributed by atoms with Crippen molar-refractivity contribution >= 4 is 23.1 Å². The minimum absolute atomic E-state index is 0.429. The molecule has 1 fully saturated rings. The maximum absolute atomic E-state index is 6.20. The first-order chi connectivity index (χ1) is 10.3. The molecular formula is C18H19ClN2. The molecule has 0 bridgehead atoms. The van der Waals surface area contributed by atoms with Crippen molar-refractivity contribution in [1.29, 1.82) is 0 Å². The van der Waals surface area contributed by atoms with Crippen LogP contribution in [0.5, 0.6) is 0 Å². The summed E-state index contributed by atoms with van der Waals surface area (Å²) in [6.45, 7) is 1.07. The Kier molecular flexibility index (Phi) is 3.15. The monoisotopic (exact) mass is 298 g/mol. The Morgan fingerprint density at radius 1 is 1.10 bits per heavy atom. The SMILES string of the molecule is Clc1cccc(N2CC3(CCCC3)Cc3cccnc32)c1. The van der Waals surface area contributed by atoms with Crippen LogP contribution in [-0.2, 0) is 6.42 Å². The van der Waals surface area contributed by atoms with E-state index in [2.05, 4.69) is 28.1 Å². The van der Waals surface area contributed by atoms with Crippen LogP contribution in [0.4, 0.5) is 11.5 Å². The standard InChI is InChI=1S/C18H19ClN2/c19-15-6-3-7-16(11-15)21-13-18(8-1-2-9-18)12-14-5-4-10-20-17(14)21/h3-7,10-11H,1-2,8-9,12-13H2. The Hall–Kier alpha value is -1.54. The van der Waals surface area contributed by atoms with Crippen LogP contribution >= 0.6 is 11.6 Å². The van der Waals surface area contributed by atoms with Gasteiger partial charge in [0.1, 0.15) is 5.82 Å². The Labute approximate surface area is 130 Å². The quantitative estimate of drug-likeness (QED) is 0.737. The van der Waals surface area contributed by atoms with E-state index in [1.807, 2.05) is 24.4 Å². The summed E-state index contributed by atoms with van der Waals surface area (Å²) < 4.78 is 0. The molecule has 4 rings (SSSR count). The van der Waals surface area contributed by atoms with Crippen molar-refractivity contribution in [1.82, 2.24) is 4.98 Å². The average Bonchev–Trinajstić information content (AvgIpc) is 2.94. The zero-order valence-electron chi connectivity index (χ0n) is 12.1. The molecule has 1 spiro atoms. The zero-order valence-corrected chi connectivity index (χ0v) is 12.8. The van der Waals surface area contributed by atoms with E-state index in [0.29, 0.717) is 5.41 Å². The molecule has 0 radical (unpaired) electrons. The Morgan fingerprint density at radius 3 is 2.76 bits per heavy atom. The second-order valence-corrected chi connectivity index (χ2v) is 6.87. The zero-order chi connectivity index (χ0) is 14.3. The maximum atomic E-state index is 6.20. The number of halogens is 1. The van der Waals surface area contributed by atoms with E-state index in [0.717, 1.165) is 23.1 Å². The van der Waals surface area contributed by atoms with Crippen LogP contribution in [-0.4, -0.2) is 11.5 Å². The fourth-order valence-corrected chi connectivity index (χ4v) is 4.18. The summed E-state index contributed by atoms with van der Waals surface area (Å²) in [5.41, 5.74) is 2.97. The van der Waals surface area contributed by atoms with Gasteiger partial charge in [-0.05, 0) is 54.5 Å². The van der Waals surface area contributed by atoms with Crippen LogP contribution < -0.4 is 4.90 Å². The van der Waals surface area contributed by atoms with Gasteiger partial charge in [-0.3, -0.25) is 0 Å². The van der Waals surface area contributed by atoms with E-state index in [4.69, 9.17) is 11.6 Å². The first-order valence-corrected chi connectivity index (χ1v) is 8.11. The Morgan fingerprint density at radius 2 is 1.95 bits per heavy atom. The molecule has 2 nitrogen and oxygen atoms in total. The van der Waals surface area contributed by atoms with Gasteiger partial charge in [-0.2, -0.15) is 0 Å². The van der Waals surface area contributed by atoms with Crippen LogP contribution in [0.3, 0.4) is 0 Å². The fourth-order valence-electron chi connectivity index (χ4n) is 4.00. The fraction of sp³-hybridized carbons (Fsp3) is 0.389. The first kappa shape index (κ1) is 13.1. The molecule has 0 unspecified atom stereocenters. The number of benzene rings is 1. The molecule has 21 heavy (non-hydrogen) atoms. The summed E-state index contributed by atoms with van der Waals surface area (Å²) in [6, 6.07) is 12.4. The van der Waals surface area contributed by atoms with Gasteiger partial charge in [0.05, 0.1) is 0 Å². The minimum Gasteiger partial charge on any atom is -0.326 e. The summed E-state index contributed by atoms with van der Waals surface area (Å²) >= 11 is 6.20. The van der Waals surface area contributed by atoms with Crippen molar-refractivity contribution in [2.45, 2.75) is 32.1 Å². The lowest BCUT2D eigenvalue weighted by Crippen LogP contribution is -2.40. The van der Waals surface area contributed by atoms with Crippen LogP contribution in [0.25, 0.3) is 0 Å². The minimum atomic E-state index is 0.429. The lowest BCUT2D eigenvalue weighted by Gasteiger charge is -2.42. The predicted molar refractivity (Wildman–Crippen MR) is 87.3 cm³/mol. The van der Waals surface area contributed by atoms with Crippen molar-refractivity contribution in [3.8, 4) is 0 Å². The maximum Gasteiger partial charge on any atom is 0.136 e. The second kappa shape index (κ2) is 5.03. The highest BCUT2D eigenvalue weighted by Crippen LogP contribution is 2.48. The van der Waals surface area contributed by atoms with Gasteiger partial charge in [0, 0.05) is 23.5 Å². The molecule has 3 heteroatoms. The number of hydrogen-bond acceptors (Lipinski definition) is 2. The number of fused-ring (bicyclic) bond motifs is 1. The molecule has 1 aliphatic carbocycles. The van der Waals surface area contributed by atoms with Crippen LogP contribution in [0.15, 0.2) is 42.6 Å². The Bertz CT molecular complexity index is 662. The van der Waals surface area contributed by atoms with Gasteiger partial charge in [-0.1, -0.05) is 36.6 Å². The smallest absolute Gasteiger partial charge is 0.136 e. The van der Waals surface area contributed by atoms with Crippen LogP contribution in [0.2, 0.25) is 5.02 Å². The van der Waals surface area contributed by atoms with E-state index in [1.54, 1.807) is 0 Å². The van der Waals surface area contributed by atoms with E-state index in [9.17, 15) is 0 Å². The predicted octanol–water partition coefficient (Wildman–Crippen LogP) is 4.99. The van der Waals surface area contributed by atoms with Gasteiger partial charge in [-0.15, -0.1) is 0 Å². The molecule has 2 heterocycles. The van der Waals surface area contributed by atoms with Crippen molar-refractivity contribution in [2.24, 2.45) is 5.41 Å². The number of rotatable bonds is 1. The molecule has 1 saturated carbocycles. The third-order valence-corrected chi connectivity index (χ3v) is 5.20. The van der Waals surface area contributed by atoms with Gasteiger partial charge < -0.3 is 4.90 Å². The van der Waals surface area contributed by atoms with Crippen molar-refractivity contribution in [2.75, 3.05) is 11.4 Å². The molecule has 0 saturated heterocycles. The summed E-state index contributed by atoms with van der Waals surface area (Å²) in [5.74, 6) is 1.11. The molecule has 1 aliphatic heterocycles. The summed E-state index contributed by atoms with van der Waals surface area (Å²) in [7, 11) is 0. The van der Waals surface area contributed by atoms with E-state index in [-0.39, 0.29) is 0 Å². The number of aromatic nitrogens is 1.